The largest absolute Gasteiger partial charge is 0.506 e. The number of nitrogens with zero attached hydrogens (tertiary/aromatic N) is 1. The minimum Gasteiger partial charge on any atom is -0.506 e. The third-order valence-corrected chi connectivity index (χ3v) is 2.07. The first-order valence-corrected chi connectivity index (χ1v) is 5.96. The molecule has 0 aliphatic rings. The minimum atomic E-state index is -2.44. The Kier molecular flexibility index (Phi) is 7.67. The van der Waals surface area contributed by atoms with Gasteiger partial charge >= 0.3 is 0 Å². The van der Waals surface area contributed by atoms with E-state index in [1.54, 1.807) is 6.08 Å². The van der Waals surface area contributed by atoms with Crippen LogP contribution in [-0.4, -0.2) is 16.5 Å². The number of rotatable bonds is 4. The zero-order valence-electron chi connectivity index (χ0n) is 11.0. The summed E-state index contributed by atoms with van der Waals surface area (Å²) in [6.45, 7) is 5.85. The Labute approximate surface area is 106 Å². The fourth-order valence-electron chi connectivity index (χ4n) is 1.44. The number of hydrogen-bond acceptors (Lipinski definition) is 3. The van der Waals surface area contributed by atoms with Crippen molar-refractivity contribution in [3.63, 3.8) is 0 Å². The van der Waals surface area contributed by atoms with Crippen molar-refractivity contribution >= 4 is 11.4 Å². The zero-order chi connectivity index (χ0) is 14.1. The van der Waals surface area contributed by atoms with E-state index >= 15 is 0 Å². The SMILES string of the molecule is CC.CC/C=C(\CC(F)F)c1cc(O)cnc1N. The molecule has 0 aliphatic carbocycles. The molecule has 0 aromatic carbocycles. The molecule has 0 saturated heterocycles. The molecule has 0 atom stereocenters. The van der Waals surface area contributed by atoms with E-state index in [0.29, 0.717) is 17.6 Å². The average Bonchev–Trinajstić information content (AvgIpc) is 2.34. The second-order valence-electron chi connectivity index (χ2n) is 3.36. The topological polar surface area (TPSA) is 59.1 Å². The third-order valence-electron chi connectivity index (χ3n) is 2.07. The molecule has 1 heterocycles. The number of aromatic nitrogens is 1. The summed E-state index contributed by atoms with van der Waals surface area (Å²) < 4.78 is 24.7. The number of aromatic hydroxyl groups is 1. The van der Waals surface area contributed by atoms with Crippen LogP contribution in [0.1, 0.15) is 39.2 Å². The molecule has 0 spiro atoms. The van der Waals surface area contributed by atoms with Crippen LogP contribution in [0.2, 0.25) is 0 Å². The minimum absolute atomic E-state index is 0.0829. The Balaban J connectivity index is 0.00000137. The van der Waals surface area contributed by atoms with Crippen LogP contribution in [0.3, 0.4) is 0 Å². The van der Waals surface area contributed by atoms with Crippen LogP contribution >= 0.6 is 0 Å². The highest BCUT2D eigenvalue weighted by molar-refractivity contribution is 5.74. The molecule has 1 aromatic rings. The van der Waals surface area contributed by atoms with Crippen molar-refractivity contribution in [3.8, 4) is 5.75 Å². The van der Waals surface area contributed by atoms with E-state index in [4.69, 9.17) is 5.73 Å². The lowest BCUT2D eigenvalue weighted by molar-refractivity contribution is 0.155. The van der Waals surface area contributed by atoms with Crippen LogP contribution in [-0.2, 0) is 0 Å². The number of nitrogens with two attached hydrogens (primary N) is 1. The molecule has 5 heteroatoms. The second-order valence-corrected chi connectivity index (χ2v) is 3.36. The molecule has 0 amide bonds. The maximum atomic E-state index is 12.4. The standard InChI is InChI=1S/C11H14F2N2O.C2H6/c1-2-3-7(4-10(12)13)9-5-8(16)6-15-11(9)14;1-2/h3,5-6,10,16H,2,4H2,1H3,(H2,14,15);1-2H3/b7-3+;. The fraction of sp³-hybridized carbons (Fsp3) is 0.462. The van der Waals surface area contributed by atoms with Crippen LogP contribution in [0.4, 0.5) is 14.6 Å². The zero-order valence-corrected chi connectivity index (χ0v) is 11.0. The molecule has 0 saturated carbocycles. The van der Waals surface area contributed by atoms with Gasteiger partial charge in [-0.15, -0.1) is 0 Å². The van der Waals surface area contributed by atoms with Gasteiger partial charge in [-0.1, -0.05) is 26.8 Å². The Bertz CT molecular complexity index is 393. The highest BCUT2D eigenvalue weighted by Gasteiger charge is 2.13. The monoisotopic (exact) mass is 258 g/mol. The van der Waals surface area contributed by atoms with Crippen LogP contribution in [0.5, 0.6) is 5.75 Å². The summed E-state index contributed by atoms with van der Waals surface area (Å²) in [4.78, 5) is 3.73. The number of alkyl halides is 2. The normalized spacial score (nSPS) is 11.1. The lowest BCUT2D eigenvalue weighted by atomic mass is 10.0. The quantitative estimate of drug-likeness (QED) is 0.862. The molecule has 0 aliphatic heterocycles. The molecule has 102 valence electrons. The van der Waals surface area contributed by atoms with Gasteiger partial charge in [-0.3, -0.25) is 0 Å². The summed E-state index contributed by atoms with van der Waals surface area (Å²) in [5.41, 5.74) is 6.38. The van der Waals surface area contributed by atoms with Gasteiger partial charge in [0.15, 0.2) is 0 Å². The van der Waals surface area contributed by atoms with Crippen molar-refractivity contribution in [3.05, 3.63) is 23.9 Å². The first-order valence-electron chi connectivity index (χ1n) is 5.96. The first kappa shape index (κ1) is 16.4. The lowest BCUT2D eigenvalue weighted by Gasteiger charge is -2.09. The van der Waals surface area contributed by atoms with E-state index in [1.807, 2.05) is 20.8 Å². The molecule has 0 fully saturated rings. The van der Waals surface area contributed by atoms with Crippen molar-refractivity contribution in [2.24, 2.45) is 0 Å². The number of hydrogen-bond donors (Lipinski definition) is 2. The van der Waals surface area contributed by atoms with Gasteiger partial charge in [0.05, 0.1) is 6.20 Å². The van der Waals surface area contributed by atoms with E-state index in [1.165, 1.54) is 12.3 Å². The Hall–Kier alpha value is -1.65. The summed E-state index contributed by atoms with van der Waals surface area (Å²) in [5.74, 6) is 0.0682. The molecule has 0 unspecified atom stereocenters. The van der Waals surface area contributed by atoms with Gasteiger partial charge in [-0.2, -0.15) is 0 Å². The predicted octanol–water partition coefficient (Wildman–Crippen LogP) is 3.84. The molecular weight excluding hydrogens is 238 g/mol. The summed E-state index contributed by atoms with van der Waals surface area (Å²) in [6, 6.07) is 1.35. The second kappa shape index (κ2) is 8.44. The van der Waals surface area contributed by atoms with Crippen LogP contribution in [0, 0.1) is 0 Å². The Morgan fingerprint density at radius 3 is 2.61 bits per heavy atom. The first-order chi connectivity index (χ1) is 8.54. The Morgan fingerprint density at radius 1 is 1.50 bits per heavy atom. The molecule has 3 nitrogen and oxygen atoms in total. The van der Waals surface area contributed by atoms with E-state index in [0.717, 1.165) is 0 Å². The Morgan fingerprint density at radius 2 is 2.11 bits per heavy atom. The van der Waals surface area contributed by atoms with E-state index in [2.05, 4.69) is 4.98 Å². The van der Waals surface area contributed by atoms with Crippen molar-refractivity contribution in [2.75, 3.05) is 5.73 Å². The maximum absolute atomic E-state index is 12.4. The predicted molar refractivity (Wildman–Crippen MR) is 70.6 cm³/mol. The highest BCUT2D eigenvalue weighted by Crippen LogP contribution is 2.28. The maximum Gasteiger partial charge on any atom is 0.242 e. The number of nitrogen functional groups attached to an aromatic ring is 1. The van der Waals surface area contributed by atoms with Gasteiger partial charge in [0.2, 0.25) is 6.43 Å². The van der Waals surface area contributed by atoms with Crippen molar-refractivity contribution in [1.29, 1.82) is 0 Å². The molecule has 3 N–H and O–H groups in total. The summed E-state index contributed by atoms with van der Waals surface area (Å²) in [7, 11) is 0. The van der Waals surface area contributed by atoms with Gasteiger partial charge in [-0.05, 0) is 18.1 Å². The van der Waals surface area contributed by atoms with Crippen molar-refractivity contribution in [2.45, 2.75) is 40.0 Å². The molecule has 0 radical (unpaired) electrons. The van der Waals surface area contributed by atoms with Gasteiger partial charge in [0, 0.05) is 12.0 Å². The molecular formula is C13H20F2N2O. The lowest BCUT2D eigenvalue weighted by Crippen LogP contribution is -2.00. The summed E-state index contributed by atoms with van der Waals surface area (Å²) in [6.07, 6.45) is 0.643. The summed E-state index contributed by atoms with van der Waals surface area (Å²) >= 11 is 0. The number of allylic oxidation sites excluding steroid dienone is 2. The molecule has 1 rings (SSSR count). The van der Waals surface area contributed by atoms with Gasteiger partial charge in [-0.25, -0.2) is 13.8 Å². The molecule has 1 aromatic heterocycles. The number of halogens is 2. The van der Waals surface area contributed by atoms with Gasteiger partial charge in [0.25, 0.3) is 0 Å². The third kappa shape index (κ3) is 5.12. The van der Waals surface area contributed by atoms with Crippen LogP contribution in [0.25, 0.3) is 5.57 Å². The van der Waals surface area contributed by atoms with E-state index < -0.39 is 6.43 Å². The van der Waals surface area contributed by atoms with E-state index in [9.17, 15) is 13.9 Å². The van der Waals surface area contributed by atoms with E-state index in [-0.39, 0.29) is 18.0 Å². The van der Waals surface area contributed by atoms with Crippen molar-refractivity contribution in [1.82, 2.24) is 4.98 Å². The highest BCUT2D eigenvalue weighted by atomic mass is 19.3. The number of anilines is 1. The van der Waals surface area contributed by atoms with Gasteiger partial charge in [0.1, 0.15) is 11.6 Å². The summed E-state index contributed by atoms with van der Waals surface area (Å²) in [5, 5.41) is 9.26. The van der Waals surface area contributed by atoms with Crippen molar-refractivity contribution < 1.29 is 13.9 Å². The molecule has 0 bridgehead atoms. The number of pyridine rings is 1. The average molecular weight is 258 g/mol. The van der Waals surface area contributed by atoms with Crippen LogP contribution < -0.4 is 5.73 Å². The molecule has 18 heavy (non-hydrogen) atoms. The van der Waals surface area contributed by atoms with Crippen LogP contribution in [0.15, 0.2) is 18.3 Å². The smallest absolute Gasteiger partial charge is 0.242 e. The fourth-order valence-corrected chi connectivity index (χ4v) is 1.44. The van der Waals surface area contributed by atoms with Gasteiger partial charge < -0.3 is 10.8 Å².